The van der Waals surface area contributed by atoms with Crippen molar-refractivity contribution in [3.8, 4) is 0 Å². The molecule has 1 amide bonds. The van der Waals surface area contributed by atoms with E-state index < -0.39 is 5.54 Å². The maximum absolute atomic E-state index is 12.6. The first-order valence-electron chi connectivity index (χ1n) is 6.74. The van der Waals surface area contributed by atoms with Crippen LogP contribution in [0.3, 0.4) is 0 Å². The lowest BCUT2D eigenvalue weighted by Gasteiger charge is -2.48. The molecule has 1 fully saturated rings. The number of rotatable bonds is 3. The van der Waals surface area contributed by atoms with E-state index >= 15 is 0 Å². The Morgan fingerprint density at radius 2 is 1.67 bits per heavy atom. The number of nitrogens with zero attached hydrogens (tertiary/aromatic N) is 1. The average Bonchev–Trinajstić information content (AvgIpc) is 2.11. The second kappa shape index (κ2) is 4.82. The standard InChI is InChI=1S/C14H28N2O2/c1-8-15-14(6,7)11(17)16-9-12(2,3)18-13(4,5)10-16/h15H,8-10H2,1-7H3. The van der Waals surface area contributed by atoms with Gasteiger partial charge in [0.2, 0.25) is 5.91 Å². The third-order valence-corrected chi connectivity index (χ3v) is 3.14. The van der Waals surface area contributed by atoms with E-state index in [1.165, 1.54) is 0 Å². The molecule has 1 aliphatic rings. The van der Waals surface area contributed by atoms with Crippen LogP contribution in [0.2, 0.25) is 0 Å². The van der Waals surface area contributed by atoms with Gasteiger partial charge in [0.1, 0.15) is 0 Å². The lowest BCUT2D eigenvalue weighted by atomic mass is 9.95. The van der Waals surface area contributed by atoms with Crippen LogP contribution in [0.15, 0.2) is 0 Å². The largest absolute Gasteiger partial charge is 0.366 e. The molecule has 4 nitrogen and oxygen atoms in total. The normalized spacial score (nSPS) is 22.9. The molecule has 1 aliphatic heterocycles. The molecular formula is C14H28N2O2. The van der Waals surface area contributed by atoms with Gasteiger partial charge in [0.25, 0.3) is 0 Å². The number of amides is 1. The number of carbonyl (C=O) groups excluding carboxylic acids is 1. The van der Waals surface area contributed by atoms with Crippen molar-refractivity contribution in [3.63, 3.8) is 0 Å². The minimum absolute atomic E-state index is 0.147. The van der Waals surface area contributed by atoms with Crippen LogP contribution in [0.5, 0.6) is 0 Å². The van der Waals surface area contributed by atoms with Gasteiger partial charge in [0.05, 0.1) is 16.7 Å². The molecule has 0 radical (unpaired) electrons. The van der Waals surface area contributed by atoms with Gasteiger partial charge >= 0.3 is 0 Å². The Hall–Kier alpha value is -0.610. The number of nitrogens with one attached hydrogen (secondary N) is 1. The second-order valence-corrected chi connectivity index (χ2v) is 6.94. The summed E-state index contributed by atoms with van der Waals surface area (Å²) < 4.78 is 6.00. The van der Waals surface area contributed by atoms with E-state index in [1.54, 1.807) is 0 Å². The van der Waals surface area contributed by atoms with Crippen LogP contribution in [0.1, 0.15) is 48.5 Å². The van der Waals surface area contributed by atoms with Gasteiger partial charge < -0.3 is 15.0 Å². The molecule has 0 atom stereocenters. The predicted octanol–water partition coefficient (Wildman–Crippen LogP) is 1.79. The number of ether oxygens (including phenoxy) is 1. The Balaban J connectivity index is 2.86. The van der Waals surface area contributed by atoms with Crippen molar-refractivity contribution in [2.24, 2.45) is 0 Å². The van der Waals surface area contributed by atoms with Crippen molar-refractivity contribution < 1.29 is 9.53 Å². The molecule has 0 saturated carbocycles. The fourth-order valence-electron chi connectivity index (χ4n) is 2.84. The summed E-state index contributed by atoms with van der Waals surface area (Å²) in [6.07, 6.45) is 0. The number of likely N-dealkylation sites (N-methyl/N-ethyl adjacent to an activating group) is 1. The second-order valence-electron chi connectivity index (χ2n) is 6.94. The summed E-state index contributed by atoms with van der Waals surface area (Å²) in [5.41, 5.74) is -1.10. The van der Waals surface area contributed by atoms with Crippen LogP contribution in [-0.2, 0) is 9.53 Å². The van der Waals surface area contributed by atoms with Crippen molar-refractivity contribution in [2.75, 3.05) is 19.6 Å². The van der Waals surface area contributed by atoms with E-state index in [4.69, 9.17) is 4.74 Å². The van der Waals surface area contributed by atoms with Crippen LogP contribution in [0.4, 0.5) is 0 Å². The van der Waals surface area contributed by atoms with Gasteiger partial charge in [-0.05, 0) is 48.1 Å². The van der Waals surface area contributed by atoms with Gasteiger partial charge in [-0.2, -0.15) is 0 Å². The van der Waals surface area contributed by atoms with E-state index in [2.05, 4.69) is 5.32 Å². The number of hydrogen-bond donors (Lipinski definition) is 1. The summed E-state index contributed by atoms with van der Waals surface area (Å²) in [5, 5.41) is 3.24. The molecule has 0 bridgehead atoms. The predicted molar refractivity (Wildman–Crippen MR) is 73.6 cm³/mol. The van der Waals surface area contributed by atoms with Gasteiger partial charge in [0, 0.05) is 13.1 Å². The molecule has 0 aromatic carbocycles. The maximum atomic E-state index is 12.6. The molecule has 0 aliphatic carbocycles. The average molecular weight is 256 g/mol. The third-order valence-electron chi connectivity index (χ3n) is 3.14. The van der Waals surface area contributed by atoms with Crippen molar-refractivity contribution >= 4 is 5.91 Å². The molecule has 0 spiro atoms. The maximum Gasteiger partial charge on any atom is 0.242 e. The molecule has 0 aromatic rings. The highest BCUT2D eigenvalue weighted by Crippen LogP contribution is 2.29. The van der Waals surface area contributed by atoms with Crippen molar-refractivity contribution in [3.05, 3.63) is 0 Å². The third kappa shape index (κ3) is 3.69. The van der Waals surface area contributed by atoms with Gasteiger partial charge in [-0.25, -0.2) is 0 Å². The van der Waals surface area contributed by atoms with Gasteiger partial charge in [-0.3, -0.25) is 4.79 Å². The van der Waals surface area contributed by atoms with Crippen LogP contribution in [-0.4, -0.2) is 47.2 Å². The Bertz CT molecular complexity index is 306. The summed E-state index contributed by atoms with van der Waals surface area (Å²) in [5.74, 6) is 0.147. The van der Waals surface area contributed by atoms with Crippen molar-refractivity contribution in [1.82, 2.24) is 10.2 Å². The quantitative estimate of drug-likeness (QED) is 0.837. The Morgan fingerprint density at radius 3 is 2.06 bits per heavy atom. The van der Waals surface area contributed by atoms with E-state index in [0.29, 0.717) is 13.1 Å². The number of morpholine rings is 1. The zero-order valence-electron chi connectivity index (χ0n) is 12.9. The highest BCUT2D eigenvalue weighted by Gasteiger charge is 2.43. The summed E-state index contributed by atoms with van der Waals surface area (Å²) in [6.45, 7) is 16.1. The van der Waals surface area contributed by atoms with E-state index in [1.807, 2.05) is 53.4 Å². The van der Waals surface area contributed by atoms with Crippen LogP contribution >= 0.6 is 0 Å². The van der Waals surface area contributed by atoms with Crippen molar-refractivity contribution in [2.45, 2.75) is 65.2 Å². The van der Waals surface area contributed by atoms with E-state index in [9.17, 15) is 4.79 Å². The van der Waals surface area contributed by atoms with Crippen LogP contribution in [0, 0.1) is 0 Å². The smallest absolute Gasteiger partial charge is 0.242 e. The fraction of sp³-hybridized carbons (Fsp3) is 0.929. The first kappa shape index (κ1) is 15.4. The molecule has 106 valence electrons. The Kier molecular flexibility index (Phi) is 4.13. The fourth-order valence-corrected chi connectivity index (χ4v) is 2.84. The lowest BCUT2D eigenvalue weighted by Crippen LogP contribution is -2.63. The highest BCUT2D eigenvalue weighted by molar-refractivity contribution is 5.85. The molecule has 1 heterocycles. The topological polar surface area (TPSA) is 41.6 Å². The minimum Gasteiger partial charge on any atom is -0.366 e. The van der Waals surface area contributed by atoms with E-state index in [0.717, 1.165) is 6.54 Å². The van der Waals surface area contributed by atoms with Gasteiger partial charge in [-0.1, -0.05) is 6.92 Å². The number of carbonyl (C=O) groups is 1. The zero-order chi connectivity index (χ0) is 14.2. The van der Waals surface area contributed by atoms with Gasteiger partial charge in [0.15, 0.2) is 0 Å². The highest BCUT2D eigenvalue weighted by atomic mass is 16.5. The zero-order valence-corrected chi connectivity index (χ0v) is 12.9. The minimum atomic E-state index is -0.516. The Morgan fingerprint density at radius 1 is 1.22 bits per heavy atom. The molecule has 4 heteroatoms. The van der Waals surface area contributed by atoms with Gasteiger partial charge in [-0.15, -0.1) is 0 Å². The van der Waals surface area contributed by atoms with Crippen LogP contribution < -0.4 is 5.32 Å². The first-order chi connectivity index (χ1) is 7.99. The lowest BCUT2D eigenvalue weighted by molar-refractivity contribution is -0.190. The molecule has 0 unspecified atom stereocenters. The molecule has 0 aromatic heterocycles. The molecule has 1 saturated heterocycles. The molecule has 1 N–H and O–H groups in total. The van der Waals surface area contributed by atoms with E-state index in [-0.39, 0.29) is 17.1 Å². The summed E-state index contributed by atoms with van der Waals surface area (Å²) in [4.78, 5) is 14.5. The molecule has 1 rings (SSSR count). The summed E-state index contributed by atoms with van der Waals surface area (Å²) in [6, 6.07) is 0. The first-order valence-corrected chi connectivity index (χ1v) is 6.74. The SMILES string of the molecule is CCNC(C)(C)C(=O)N1CC(C)(C)OC(C)(C)C1. The number of hydrogen-bond acceptors (Lipinski definition) is 3. The Labute approximate surface area is 111 Å². The summed E-state index contributed by atoms with van der Waals surface area (Å²) >= 11 is 0. The summed E-state index contributed by atoms with van der Waals surface area (Å²) in [7, 11) is 0. The van der Waals surface area contributed by atoms with Crippen molar-refractivity contribution in [1.29, 1.82) is 0 Å². The van der Waals surface area contributed by atoms with Crippen LogP contribution in [0.25, 0.3) is 0 Å². The molecule has 18 heavy (non-hydrogen) atoms. The monoisotopic (exact) mass is 256 g/mol. The molecular weight excluding hydrogens is 228 g/mol.